The van der Waals surface area contributed by atoms with Crippen molar-refractivity contribution in [2.45, 2.75) is 97.3 Å². The van der Waals surface area contributed by atoms with Crippen LogP contribution in [-0.4, -0.2) is 0 Å². The molecule has 0 aliphatic heterocycles. The maximum absolute atomic E-state index is 2.41. The quantitative estimate of drug-likeness (QED) is 0.339. The van der Waals surface area contributed by atoms with E-state index in [0.29, 0.717) is 0 Å². The lowest BCUT2D eigenvalue weighted by molar-refractivity contribution is 0.556. The number of rotatable bonds is 13. The van der Waals surface area contributed by atoms with Crippen molar-refractivity contribution < 1.29 is 0 Å². The molecule has 0 aliphatic rings. The maximum Gasteiger partial charge on any atom is -0.0279 e. The molecule has 0 radical (unpaired) electrons. The molecule has 0 N–H and O–H groups in total. The van der Waals surface area contributed by atoms with Crippen molar-refractivity contribution in [3.05, 3.63) is 35.4 Å². The monoisotopic (exact) mass is 288 g/mol. The second-order valence-corrected chi connectivity index (χ2v) is 6.50. The van der Waals surface area contributed by atoms with E-state index in [9.17, 15) is 0 Å². The van der Waals surface area contributed by atoms with E-state index in [0.717, 1.165) is 0 Å². The van der Waals surface area contributed by atoms with Crippen LogP contribution in [0.2, 0.25) is 0 Å². The van der Waals surface area contributed by atoms with Crippen molar-refractivity contribution in [1.82, 2.24) is 0 Å². The molecule has 1 rings (SSSR count). The highest BCUT2D eigenvalue weighted by Gasteiger charge is 1.97. The average Bonchev–Trinajstić information content (AvgIpc) is 2.50. The molecule has 1 aromatic carbocycles. The Morgan fingerprint density at radius 2 is 1.10 bits per heavy atom. The Morgan fingerprint density at radius 1 is 0.571 bits per heavy atom. The van der Waals surface area contributed by atoms with Crippen LogP contribution in [0.5, 0.6) is 0 Å². The van der Waals surface area contributed by atoms with E-state index in [1.807, 2.05) is 0 Å². The summed E-state index contributed by atoms with van der Waals surface area (Å²) in [6, 6.07) is 9.21. The number of unbranched alkanes of at least 4 members (excludes halogenated alkanes) is 9. The van der Waals surface area contributed by atoms with Gasteiger partial charge in [0.1, 0.15) is 0 Å². The van der Waals surface area contributed by atoms with Gasteiger partial charge in [-0.1, -0.05) is 102 Å². The summed E-state index contributed by atoms with van der Waals surface area (Å²) < 4.78 is 0. The highest BCUT2D eigenvalue weighted by Crippen LogP contribution is 2.14. The first-order valence-electron chi connectivity index (χ1n) is 9.44. The van der Waals surface area contributed by atoms with Crippen molar-refractivity contribution in [2.75, 3.05) is 0 Å². The third kappa shape index (κ3) is 9.72. The van der Waals surface area contributed by atoms with E-state index in [2.05, 4.69) is 38.1 Å². The number of benzene rings is 1. The summed E-state index contributed by atoms with van der Waals surface area (Å²) >= 11 is 0. The zero-order valence-corrected chi connectivity index (χ0v) is 14.5. The van der Waals surface area contributed by atoms with Crippen molar-refractivity contribution in [3.63, 3.8) is 0 Å². The fourth-order valence-corrected chi connectivity index (χ4v) is 3.05. The molecule has 0 saturated heterocycles. The molecule has 120 valence electrons. The average molecular weight is 289 g/mol. The van der Waals surface area contributed by atoms with Crippen molar-refractivity contribution in [1.29, 1.82) is 0 Å². The van der Waals surface area contributed by atoms with E-state index in [1.54, 1.807) is 5.56 Å². The molecular formula is C21H36. The Labute approximate surface area is 133 Å². The first kappa shape index (κ1) is 18.3. The zero-order chi connectivity index (χ0) is 15.2. The van der Waals surface area contributed by atoms with E-state index in [4.69, 9.17) is 0 Å². The third-order valence-corrected chi connectivity index (χ3v) is 4.35. The number of aryl methyl sites for hydroxylation is 2. The Balaban J connectivity index is 1.97. The van der Waals surface area contributed by atoms with Crippen LogP contribution in [0, 0.1) is 0 Å². The predicted molar refractivity (Wildman–Crippen MR) is 96.0 cm³/mol. The van der Waals surface area contributed by atoms with Gasteiger partial charge >= 0.3 is 0 Å². The minimum absolute atomic E-state index is 1.23. The van der Waals surface area contributed by atoms with Gasteiger partial charge in [0.15, 0.2) is 0 Å². The molecule has 0 bridgehead atoms. The van der Waals surface area contributed by atoms with Gasteiger partial charge in [0.25, 0.3) is 0 Å². The SMILES string of the molecule is CCCCCCCCCCCCc1cccc(CCC)c1. The van der Waals surface area contributed by atoms with Crippen molar-refractivity contribution in [3.8, 4) is 0 Å². The molecule has 0 nitrogen and oxygen atoms in total. The molecule has 0 saturated carbocycles. The van der Waals surface area contributed by atoms with E-state index >= 15 is 0 Å². The number of hydrogen-bond donors (Lipinski definition) is 0. The fraction of sp³-hybridized carbons (Fsp3) is 0.714. The molecular weight excluding hydrogens is 252 g/mol. The Bertz CT molecular complexity index is 340. The predicted octanol–water partition coefficient (Wildman–Crippen LogP) is 7.10. The summed E-state index contributed by atoms with van der Waals surface area (Å²) in [6.07, 6.45) is 18.0. The van der Waals surface area contributed by atoms with E-state index < -0.39 is 0 Å². The van der Waals surface area contributed by atoms with Crippen LogP contribution < -0.4 is 0 Å². The lowest BCUT2D eigenvalue weighted by Gasteiger charge is -2.05. The third-order valence-electron chi connectivity index (χ3n) is 4.35. The van der Waals surface area contributed by atoms with Gasteiger partial charge in [-0.15, -0.1) is 0 Å². The van der Waals surface area contributed by atoms with Gasteiger partial charge in [-0.25, -0.2) is 0 Å². The molecule has 0 heteroatoms. The van der Waals surface area contributed by atoms with Crippen LogP contribution in [0.4, 0.5) is 0 Å². The van der Waals surface area contributed by atoms with Gasteiger partial charge in [-0.2, -0.15) is 0 Å². The van der Waals surface area contributed by atoms with E-state index in [-0.39, 0.29) is 0 Å². The summed E-state index contributed by atoms with van der Waals surface area (Å²) in [4.78, 5) is 0. The lowest BCUT2D eigenvalue weighted by Crippen LogP contribution is -1.89. The van der Waals surface area contributed by atoms with Crippen LogP contribution in [0.3, 0.4) is 0 Å². The molecule has 0 heterocycles. The minimum Gasteiger partial charge on any atom is -0.0654 e. The Morgan fingerprint density at radius 3 is 1.67 bits per heavy atom. The highest BCUT2D eigenvalue weighted by atomic mass is 14.0. The van der Waals surface area contributed by atoms with Gasteiger partial charge in [0.2, 0.25) is 0 Å². The molecule has 0 amide bonds. The van der Waals surface area contributed by atoms with Gasteiger partial charge < -0.3 is 0 Å². The molecule has 0 aromatic heterocycles. The smallest absolute Gasteiger partial charge is 0.0279 e. The van der Waals surface area contributed by atoms with Crippen molar-refractivity contribution >= 4 is 0 Å². The molecule has 0 aliphatic carbocycles. The Kier molecular flexibility index (Phi) is 11.2. The van der Waals surface area contributed by atoms with Crippen LogP contribution in [-0.2, 0) is 12.8 Å². The van der Waals surface area contributed by atoms with Gasteiger partial charge in [0, 0.05) is 0 Å². The fourth-order valence-electron chi connectivity index (χ4n) is 3.05. The Hall–Kier alpha value is -0.780. The molecule has 1 aromatic rings. The van der Waals surface area contributed by atoms with Crippen LogP contribution in [0.1, 0.15) is 95.6 Å². The van der Waals surface area contributed by atoms with Gasteiger partial charge in [-0.05, 0) is 30.4 Å². The summed E-state index contributed by atoms with van der Waals surface area (Å²) in [7, 11) is 0. The summed E-state index contributed by atoms with van der Waals surface area (Å²) in [5, 5.41) is 0. The molecule has 0 spiro atoms. The maximum atomic E-state index is 2.41. The molecule has 21 heavy (non-hydrogen) atoms. The largest absolute Gasteiger partial charge is 0.0654 e. The summed E-state index contributed by atoms with van der Waals surface area (Å²) in [6.45, 7) is 4.55. The van der Waals surface area contributed by atoms with Crippen LogP contribution in [0.25, 0.3) is 0 Å². The second kappa shape index (κ2) is 12.9. The zero-order valence-electron chi connectivity index (χ0n) is 14.5. The van der Waals surface area contributed by atoms with Crippen LogP contribution in [0.15, 0.2) is 24.3 Å². The normalized spacial score (nSPS) is 11.0. The molecule has 0 fully saturated rings. The van der Waals surface area contributed by atoms with Crippen LogP contribution >= 0.6 is 0 Å². The summed E-state index contributed by atoms with van der Waals surface area (Å²) in [5.74, 6) is 0. The lowest BCUT2D eigenvalue weighted by atomic mass is 10.0. The van der Waals surface area contributed by atoms with Gasteiger partial charge in [0.05, 0.1) is 0 Å². The topological polar surface area (TPSA) is 0 Å². The number of hydrogen-bond acceptors (Lipinski definition) is 0. The second-order valence-electron chi connectivity index (χ2n) is 6.50. The summed E-state index contributed by atoms with van der Waals surface area (Å²) in [5.41, 5.74) is 3.06. The standard InChI is InChI=1S/C21H36/c1-3-5-6-7-8-9-10-11-12-13-16-21-18-14-17-20(19-21)15-4-2/h14,17-19H,3-13,15-16H2,1-2H3. The first-order valence-corrected chi connectivity index (χ1v) is 9.44. The first-order chi connectivity index (χ1) is 10.4. The van der Waals surface area contributed by atoms with Gasteiger partial charge in [-0.3, -0.25) is 0 Å². The molecule has 0 unspecified atom stereocenters. The molecule has 0 atom stereocenters. The minimum atomic E-state index is 1.23. The van der Waals surface area contributed by atoms with Crippen molar-refractivity contribution in [2.24, 2.45) is 0 Å². The highest BCUT2D eigenvalue weighted by molar-refractivity contribution is 5.23. The van der Waals surface area contributed by atoms with E-state index in [1.165, 1.54) is 89.0 Å².